The quantitative estimate of drug-likeness (QED) is 0.544. The first-order valence-electron chi connectivity index (χ1n) is 12.0. The molecule has 1 aromatic heterocycles. The van der Waals surface area contributed by atoms with Crippen molar-refractivity contribution in [1.29, 1.82) is 0 Å². The Morgan fingerprint density at radius 2 is 2.03 bits per heavy atom. The van der Waals surface area contributed by atoms with Crippen molar-refractivity contribution >= 4 is 16.9 Å². The van der Waals surface area contributed by atoms with Crippen LogP contribution in [0.3, 0.4) is 0 Å². The molecular weight excluding hydrogens is 416 g/mol. The molecule has 5 rings (SSSR count). The zero-order valence-electron chi connectivity index (χ0n) is 19.2. The number of hydrogen-bond donors (Lipinski definition) is 2. The van der Waals surface area contributed by atoms with E-state index in [9.17, 15) is 9.90 Å². The number of ether oxygens (including phenoxy) is 2. The molecule has 33 heavy (non-hydrogen) atoms. The standard InChI is InChI=1S/C27H32N2O4/c1-32-23-9-5-8-21-25-24(18-6-3-2-4-7-18)20-11-10-19(27(30)31)14-22(20)29(25)15-17(12-13-28)16-33-26(21)23/h5,8-11,14,17-18H,2-4,6-7,12-13,15-16,28H2,1H3,(H,30,31)/t17-/m1/s1. The van der Waals surface area contributed by atoms with Crippen molar-refractivity contribution in [2.45, 2.75) is 51.0 Å². The molecule has 0 amide bonds. The number of methoxy groups -OCH3 is 1. The summed E-state index contributed by atoms with van der Waals surface area (Å²) in [6, 6.07) is 11.7. The molecule has 6 heteroatoms. The number of nitrogens with two attached hydrogens (primary N) is 1. The van der Waals surface area contributed by atoms with Crippen molar-refractivity contribution in [3.63, 3.8) is 0 Å². The summed E-state index contributed by atoms with van der Waals surface area (Å²) in [5, 5.41) is 10.9. The molecule has 174 valence electrons. The lowest BCUT2D eigenvalue weighted by atomic mass is 9.81. The maximum Gasteiger partial charge on any atom is 0.335 e. The highest BCUT2D eigenvalue weighted by atomic mass is 16.5. The Balaban J connectivity index is 1.84. The van der Waals surface area contributed by atoms with Crippen molar-refractivity contribution < 1.29 is 19.4 Å². The van der Waals surface area contributed by atoms with Gasteiger partial charge in [-0.3, -0.25) is 0 Å². The Labute approximate surface area is 194 Å². The van der Waals surface area contributed by atoms with Gasteiger partial charge in [-0.15, -0.1) is 0 Å². The highest BCUT2D eigenvalue weighted by Crippen LogP contribution is 2.49. The van der Waals surface area contributed by atoms with Crippen LogP contribution in [0.5, 0.6) is 11.5 Å². The number of carboxylic acids is 1. The van der Waals surface area contributed by atoms with Gasteiger partial charge in [0, 0.05) is 28.9 Å². The van der Waals surface area contributed by atoms with Gasteiger partial charge < -0.3 is 24.9 Å². The fraction of sp³-hybridized carbons (Fsp3) is 0.444. The van der Waals surface area contributed by atoms with Gasteiger partial charge in [0.1, 0.15) is 0 Å². The molecule has 1 aliphatic heterocycles. The molecule has 1 aliphatic carbocycles. The van der Waals surface area contributed by atoms with E-state index in [-0.39, 0.29) is 5.92 Å². The number of nitrogens with zero attached hydrogens (tertiary/aromatic N) is 1. The van der Waals surface area contributed by atoms with Crippen molar-refractivity contribution in [1.82, 2.24) is 4.57 Å². The number of rotatable bonds is 5. The molecule has 0 saturated heterocycles. The van der Waals surface area contributed by atoms with E-state index in [1.807, 2.05) is 24.3 Å². The van der Waals surface area contributed by atoms with Gasteiger partial charge in [-0.2, -0.15) is 0 Å². The lowest BCUT2D eigenvalue weighted by molar-refractivity contribution is 0.0697. The first-order valence-corrected chi connectivity index (χ1v) is 12.0. The van der Waals surface area contributed by atoms with Gasteiger partial charge in [0.05, 0.1) is 25.0 Å². The number of carboxylic acid groups (broad SMARTS) is 1. The summed E-state index contributed by atoms with van der Waals surface area (Å²) >= 11 is 0. The third-order valence-corrected chi connectivity index (χ3v) is 7.30. The van der Waals surface area contributed by atoms with Crippen molar-refractivity contribution in [2.24, 2.45) is 11.7 Å². The fourth-order valence-corrected chi connectivity index (χ4v) is 5.73. The number of hydrogen-bond acceptors (Lipinski definition) is 4. The maximum absolute atomic E-state index is 11.8. The molecule has 6 nitrogen and oxygen atoms in total. The van der Waals surface area contributed by atoms with Crippen LogP contribution in [0.1, 0.15) is 60.4 Å². The van der Waals surface area contributed by atoms with Crippen LogP contribution in [0.15, 0.2) is 36.4 Å². The first kappa shape index (κ1) is 21.8. The molecule has 1 atom stereocenters. The largest absolute Gasteiger partial charge is 0.493 e. The van der Waals surface area contributed by atoms with Crippen molar-refractivity contribution in [3.05, 3.63) is 47.5 Å². The molecule has 0 unspecified atom stereocenters. The zero-order chi connectivity index (χ0) is 22.9. The minimum Gasteiger partial charge on any atom is -0.493 e. The van der Waals surface area contributed by atoms with Crippen molar-refractivity contribution in [3.8, 4) is 22.8 Å². The first-order chi connectivity index (χ1) is 16.1. The highest BCUT2D eigenvalue weighted by molar-refractivity contribution is 5.99. The zero-order valence-corrected chi connectivity index (χ0v) is 19.2. The molecule has 0 spiro atoms. The van der Waals surface area contributed by atoms with Crippen LogP contribution in [0.25, 0.3) is 22.2 Å². The van der Waals surface area contributed by atoms with Gasteiger partial charge in [0.2, 0.25) is 0 Å². The van der Waals surface area contributed by atoms with E-state index >= 15 is 0 Å². The number of benzene rings is 2. The molecule has 2 heterocycles. The SMILES string of the molecule is COc1cccc2c1OC[C@H](CCN)Cn1c-2c(C2CCCCC2)c2ccc(C(=O)O)cc21. The van der Waals surface area contributed by atoms with E-state index in [0.717, 1.165) is 59.5 Å². The highest BCUT2D eigenvalue weighted by Gasteiger charge is 2.31. The van der Waals surface area contributed by atoms with E-state index < -0.39 is 5.97 Å². The Kier molecular flexibility index (Phi) is 6.02. The number of para-hydroxylation sites is 1. The van der Waals surface area contributed by atoms with Crippen LogP contribution in [0, 0.1) is 5.92 Å². The third kappa shape index (κ3) is 3.86. The second-order valence-corrected chi connectivity index (χ2v) is 9.34. The average molecular weight is 449 g/mol. The van der Waals surface area contributed by atoms with Crippen molar-refractivity contribution in [2.75, 3.05) is 20.3 Å². The van der Waals surface area contributed by atoms with E-state index in [1.165, 1.54) is 24.8 Å². The Bertz CT molecular complexity index is 1180. The molecule has 3 aromatic rings. The summed E-state index contributed by atoms with van der Waals surface area (Å²) in [7, 11) is 1.67. The van der Waals surface area contributed by atoms with Crippen LogP contribution in [-0.4, -0.2) is 35.9 Å². The number of carbonyl (C=O) groups is 1. The monoisotopic (exact) mass is 448 g/mol. The number of aromatic carboxylic acids is 1. The molecule has 0 radical (unpaired) electrons. The fourth-order valence-electron chi connectivity index (χ4n) is 5.73. The third-order valence-electron chi connectivity index (χ3n) is 7.30. The van der Waals surface area contributed by atoms with Crippen LogP contribution in [-0.2, 0) is 6.54 Å². The Hall–Kier alpha value is -2.99. The van der Waals surface area contributed by atoms with Gasteiger partial charge in [0.15, 0.2) is 11.5 Å². The lowest BCUT2D eigenvalue weighted by Crippen LogP contribution is -2.24. The van der Waals surface area contributed by atoms with E-state index in [4.69, 9.17) is 15.2 Å². The second-order valence-electron chi connectivity index (χ2n) is 9.34. The van der Waals surface area contributed by atoms with Gasteiger partial charge in [0.25, 0.3) is 0 Å². The Morgan fingerprint density at radius 3 is 2.76 bits per heavy atom. The maximum atomic E-state index is 11.8. The number of fused-ring (bicyclic) bond motifs is 5. The van der Waals surface area contributed by atoms with Gasteiger partial charge in [-0.1, -0.05) is 31.4 Å². The van der Waals surface area contributed by atoms with E-state index in [2.05, 4.69) is 10.6 Å². The predicted octanol–water partition coefficient (Wildman–Crippen LogP) is 5.42. The van der Waals surface area contributed by atoms with Crippen LogP contribution >= 0.6 is 0 Å². The molecule has 2 aliphatic rings. The van der Waals surface area contributed by atoms with Gasteiger partial charge in [-0.25, -0.2) is 4.79 Å². The smallest absolute Gasteiger partial charge is 0.335 e. The lowest BCUT2D eigenvalue weighted by Gasteiger charge is -2.28. The summed E-state index contributed by atoms with van der Waals surface area (Å²) in [6.45, 7) is 1.87. The molecular formula is C27H32N2O4. The second kappa shape index (κ2) is 9.10. The topological polar surface area (TPSA) is 86.7 Å². The normalized spacial score (nSPS) is 18.7. The van der Waals surface area contributed by atoms with Gasteiger partial charge >= 0.3 is 5.97 Å². The molecule has 3 N–H and O–H groups in total. The Morgan fingerprint density at radius 1 is 1.21 bits per heavy atom. The van der Waals surface area contributed by atoms with E-state index in [0.29, 0.717) is 24.6 Å². The van der Waals surface area contributed by atoms with Crippen LogP contribution < -0.4 is 15.2 Å². The van der Waals surface area contributed by atoms with Crippen LogP contribution in [0.4, 0.5) is 0 Å². The van der Waals surface area contributed by atoms with Crippen LogP contribution in [0.2, 0.25) is 0 Å². The molecule has 2 aromatic carbocycles. The molecule has 0 bridgehead atoms. The summed E-state index contributed by atoms with van der Waals surface area (Å²) < 4.78 is 14.4. The molecule has 1 fully saturated rings. The minimum atomic E-state index is -0.901. The van der Waals surface area contributed by atoms with E-state index in [1.54, 1.807) is 13.2 Å². The summed E-state index contributed by atoms with van der Waals surface area (Å²) in [4.78, 5) is 11.8. The predicted molar refractivity (Wildman–Crippen MR) is 129 cm³/mol. The average Bonchev–Trinajstić information content (AvgIpc) is 3.14. The summed E-state index contributed by atoms with van der Waals surface area (Å²) in [5.41, 5.74) is 10.8. The molecule has 1 saturated carbocycles. The summed E-state index contributed by atoms with van der Waals surface area (Å²) in [6.07, 6.45) is 6.86. The minimum absolute atomic E-state index is 0.218. The number of aromatic nitrogens is 1. The summed E-state index contributed by atoms with van der Waals surface area (Å²) in [5.74, 6) is 1.25. The van der Waals surface area contributed by atoms with Gasteiger partial charge in [-0.05, 0) is 61.6 Å².